The van der Waals surface area contributed by atoms with Crippen LogP contribution >= 0.6 is 7.82 Å². The van der Waals surface area contributed by atoms with Crippen LogP contribution in [0.15, 0.2) is 48.6 Å². The monoisotopic (exact) mass is 781 g/mol. The van der Waals surface area contributed by atoms with Gasteiger partial charge in [0.15, 0.2) is 0 Å². The molecule has 1 amide bonds. The van der Waals surface area contributed by atoms with Gasteiger partial charge in [0, 0.05) is 6.42 Å². The summed E-state index contributed by atoms with van der Waals surface area (Å²) in [6.07, 6.45) is 46.0. The van der Waals surface area contributed by atoms with Crippen LogP contribution in [0.3, 0.4) is 0 Å². The Morgan fingerprint density at radius 3 is 1.57 bits per heavy atom. The van der Waals surface area contributed by atoms with E-state index in [-0.39, 0.29) is 12.5 Å². The molecule has 3 unspecified atom stereocenters. The number of hydrogen-bond acceptors (Lipinski definition) is 6. The number of phosphoric ester groups is 1. The maximum Gasteiger partial charge on any atom is 0.268 e. The van der Waals surface area contributed by atoms with E-state index in [0.717, 1.165) is 70.6 Å². The van der Waals surface area contributed by atoms with Crippen molar-refractivity contribution in [3.05, 3.63) is 48.6 Å². The molecule has 0 aliphatic rings. The van der Waals surface area contributed by atoms with Gasteiger partial charge in [-0.25, -0.2) is 0 Å². The molecule has 0 saturated heterocycles. The number of rotatable bonds is 39. The molecule has 0 aromatic rings. The van der Waals surface area contributed by atoms with Crippen LogP contribution in [0.2, 0.25) is 0 Å². The quantitative estimate of drug-likeness (QED) is 0.0278. The summed E-state index contributed by atoms with van der Waals surface area (Å²) in [5.74, 6) is -0.226. The SMILES string of the molecule is CCC/C=C\CCCCCCCC(=O)NC(COP(=O)([O-])OCC[N+](C)(C)C)C(O)/C=C/CC/C=C/CC/C=C/CCCCCCCCCCCCCC. The minimum absolute atomic E-state index is 0.0118. The van der Waals surface area contributed by atoms with Crippen LogP contribution in [0.1, 0.15) is 181 Å². The number of allylic oxidation sites excluding steroid dienone is 7. The van der Waals surface area contributed by atoms with Gasteiger partial charge in [-0.1, -0.05) is 159 Å². The molecule has 0 heterocycles. The summed E-state index contributed by atoms with van der Waals surface area (Å²) in [6.45, 7) is 4.53. The van der Waals surface area contributed by atoms with Crippen molar-refractivity contribution < 1.29 is 32.9 Å². The third-order valence-corrected chi connectivity index (χ3v) is 10.4. The van der Waals surface area contributed by atoms with Crippen LogP contribution in [0, 0.1) is 0 Å². The summed E-state index contributed by atoms with van der Waals surface area (Å²) in [6, 6.07) is -0.912. The number of hydrogen-bond donors (Lipinski definition) is 2. The van der Waals surface area contributed by atoms with E-state index in [9.17, 15) is 19.4 Å². The zero-order chi connectivity index (χ0) is 40.0. The number of phosphoric acid groups is 1. The molecule has 316 valence electrons. The largest absolute Gasteiger partial charge is 0.756 e. The van der Waals surface area contributed by atoms with Crippen molar-refractivity contribution in [3.63, 3.8) is 0 Å². The summed E-state index contributed by atoms with van der Waals surface area (Å²) in [4.78, 5) is 25.2. The average Bonchev–Trinajstić information content (AvgIpc) is 3.12. The number of aliphatic hydroxyl groups excluding tert-OH is 1. The van der Waals surface area contributed by atoms with E-state index in [2.05, 4.69) is 55.6 Å². The fourth-order valence-corrected chi connectivity index (χ4v) is 6.67. The molecular weight excluding hydrogens is 695 g/mol. The minimum atomic E-state index is -4.60. The summed E-state index contributed by atoms with van der Waals surface area (Å²) in [5.41, 5.74) is 0. The molecule has 0 aromatic carbocycles. The molecule has 0 saturated carbocycles. The first kappa shape index (κ1) is 52.5. The maximum atomic E-state index is 12.8. The molecule has 0 radical (unpaired) electrons. The second kappa shape index (κ2) is 37.1. The van der Waals surface area contributed by atoms with Gasteiger partial charge < -0.3 is 28.8 Å². The summed E-state index contributed by atoms with van der Waals surface area (Å²) in [7, 11) is 1.22. The topological polar surface area (TPSA) is 108 Å². The fourth-order valence-electron chi connectivity index (χ4n) is 5.95. The van der Waals surface area contributed by atoms with Crippen molar-refractivity contribution in [2.45, 2.75) is 193 Å². The highest BCUT2D eigenvalue weighted by Crippen LogP contribution is 2.38. The van der Waals surface area contributed by atoms with Gasteiger partial charge in [0.2, 0.25) is 5.91 Å². The second-order valence-electron chi connectivity index (χ2n) is 16.0. The average molecular weight is 781 g/mol. The van der Waals surface area contributed by atoms with Crippen molar-refractivity contribution in [2.24, 2.45) is 0 Å². The highest BCUT2D eigenvalue weighted by atomic mass is 31.2. The van der Waals surface area contributed by atoms with Gasteiger partial charge >= 0.3 is 0 Å². The number of unbranched alkanes of at least 4 members (excludes halogenated alkanes) is 20. The third kappa shape index (κ3) is 38.7. The number of carbonyl (C=O) groups is 1. The highest BCUT2D eigenvalue weighted by molar-refractivity contribution is 7.45. The van der Waals surface area contributed by atoms with Gasteiger partial charge in [-0.2, -0.15) is 0 Å². The molecule has 54 heavy (non-hydrogen) atoms. The fraction of sp³-hybridized carbons (Fsp3) is 0.800. The van der Waals surface area contributed by atoms with E-state index in [1.165, 1.54) is 89.9 Å². The number of nitrogens with one attached hydrogen (secondary N) is 1. The van der Waals surface area contributed by atoms with Crippen molar-refractivity contribution >= 4 is 13.7 Å². The molecule has 3 atom stereocenters. The Morgan fingerprint density at radius 2 is 1.07 bits per heavy atom. The third-order valence-electron chi connectivity index (χ3n) is 9.47. The maximum absolute atomic E-state index is 12.8. The first-order valence-corrected chi connectivity index (χ1v) is 23.5. The van der Waals surface area contributed by atoms with E-state index in [1.54, 1.807) is 6.08 Å². The van der Waals surface area contributed by atoms with Crippen LogP contribution < -0.4 is 10.2 Å². The summed E-state index contributed by atoms with van der Waals surface area (Å²) < 4.78 is 23.1. The second-order valence-corrected chi connectivity index (χ2v) is 17.4. The Kier molecular flexibility index (Phi) is 36.0. The van der Waals surface area contributed by atoms with Crippen LogP contribution in [-0.2, 0) is 18.4 Å². The van der Waals surface area contributed by atoms with Gasteiger partial charge in [-0.15, -0.1) is 0 Å². The Morgan fingerprint density at radius 1 is 0.630 bits per heavy atom. The zero-order valence-electron chi connectivity index (χ0n) is 35.7. The lowest BCUT2D eigenvalue weighted by atomic mass is 10.0. The number of nitrogens with zero attached hydrogens (tertiary/aromatic N) is 1. The first-order valence-electron chi connectivity index (χ1n) is 22.0. The van der Waals surface area contributed by atoms with Crippen LogP contribution in [0.25, 0.3) is 0 Å². The number of quaternary nitrogens is 1. The molecule has 0 aliphatic carbocycles. The van der Waals surface area contributed by atoms with Crippen LogP contribution in [0.5, 0.6) is 0 Å². The molecule has 0 spiro atoms. The lowest BCUT2D eigenvalue weighted by Gasteiger charge is -2.29. The predicted molar refractivity (Wildman–Crippen MR) is 228 cm³/mol. The van der Waals surface area contributed by atoms with E-state index in [0.29, 0.717) is 17.4 Å². The Labute approximate surface area is 333 Å². The zero-order valence-corrected chi connectivity index (χ0v) is 36.6. The van der Waals surface area contributed by atoms with Gasteiger partial charge in [0.25, 0.3) is 7.82 Å². The van der Waals surface area contributed by atoms with Gasteiger partial charge in [0.1, 0.15) is 13.2 Å². The van der Waals surface area contributed by atoms with Crippen LogP contribution in [0.4, 0.5) is 0 Å². The Hall–Kier alpha value is -1.54. The number of amides is 1. The first-order chi connectivity index (χ1) is 26.0. The molecular formula is C45H85N2O6P. The Bertz CT molecular complexity index is 1020. The summed E-state index contributed by atoms with van der Waals surface area (Å²) >= 11 is 0. The van der Waals surface area contributed by atoms with Crippen molar-refractivity contribution in [3.8, 4) is 0 Å². The smallest absolute Gasteiger partial charge is 0.268 e. The molecule has 0 aliphatic heterocycles. The minimum Gasteiger partial charge on any atom is -0.756 e. The lowest BCUT2D eigenvalue weighted by Crippen LogP contribution is -2.45. The number of aliphatic hydroxyl groups is 1. The highest BCUT2D eigenvalue weighted by Gasteiger charge is 2.23. The van der Waals surface area contributed by atoms with Crippen LogP contribution in [-0.4, -0.2) is 68.5 Å². The number of carbonyl (C=O) groups excluding carboxylic acids is 1. The predicted octanol–water partition coefficient (Wildman–Crippen LogP) is 11.4. The molecule has 0 rings (SSSR count). The normalized spacial score (nSPS) is 14.9. The van der Waals surface area contributed by atoms with Gasteiger partial charge in [-0.05, 0) is 64.2 Å². The van der Waals surface area contributed by atoms with Crippen molar-refractivity contribution in [1.29, 1.82) is 0 Å². The van der Waals surface area contributed by atoms with Gasteiger partial charge in [-0.3, -0.25) is 9.36 Å². The van der Waals surface area contributed by atoms with E-state index >= 15 is 0 Å². The lowest BCUT2D eigenvalue weighted by molar-refractivity contribution is -0.870. The summed E-state index contributed by atoms with van der Waals surface area (Å²) in [5, 5.41) is 13.7. The molecule has 8 nitrogen and oxygen atoms in total. The van der Waals surface area contributed by atoms with Crippen molar-refractivity contribution in [2.75, 3.05) is 40.9 Å². The van der Waals surface area contributed by atoms with Gasteiger partial charge in [0.05, 0.1) is 39.9 Å². The molecule has 0 fully saturated rings. The van der Waals surface area contributed by atoms with E-state index in [4.69, 9.17) is 9.05 Å². The van der Waals surface area contributed by atoms with E-state index in [1.807, 2.05) is 27.2 Å². The van der Waals surface area contributed by atoms with E-state index < -0.39 is 26.6 Å². The number of likely N-dealkylation sites (N-methyl/N-ethyl adjacent to an activating group) is 1. The Balaban J connectivity index is 4.44. The molecule has 0 bridgehead atoms. The van der Waals surface area contributed by atoms with Crippen molar-refractivity contribution in [1.82, 2.24) is 5.32 Å². The molecule has 0 aromatic heterocycles. The standard InChI is InChI=1S/C45H85N2O6P/c1-6-8-10-12-14-16-18-19-20-21-22-23-24-25-26-27-28-29-30-32-34-36-38-44(48)43(42-53-54(50,51)52-41-40-47(3,4)5)46-45(49)39-37-35-33-31-17-15-13-11-9-7-2/h11,13,25-26,29-30,36,38,43-44,48H,6-10,12,14-24,27-28,31-35,37,39-42H2,1-5H3,(H-,46,49,50,51)/b13-11-,26-25+,30-29+,38-36+. The molecule has 9 heteroatoms. The molecule has 2 N–H and O–H groups in total.